The number of hydrogen-bond acceptors (Lipinski definition) is 4. The van der Waals surface area contributed by atoms with Crippen LogP contribution in [0.25, 0.3) is 0 Å². The van der Waals surface area contributed by atoms with Gasteiger partial charge in [-0.1, -0.05) is 6.07 Å². The number of carbonyl (C=O) groups is 1. The molecule has 5 heteroatoms. The number of fused-ring (bicyclic) bond motifs is 1. The van der Waals surface area contributed by atoms with Crippen LogP contribution >= 0.6 is 0 Å². The molecule has 1 N–H and O–H groups in total. The van der Waals surface area contributed by atoms with Crippen LogP contribution in [-0.2, 0) is 16.0 Å². The van der Waals surface area contributed by atoms with E-state index in [1.165, 1.54) is 0 Å². The Bertz CT molecular complexity index is 454. The Kier molecular flexibility index (Phi) is 4.98. The van der Waals surface area contributed by atoms with Crippen LogP contribution in [0.1, 0.15) is 19.4 Å². The third-order valence-electron chi connectivity index (χ3n) is 2.97. The van der Waals surface area contributed by atoms with Gasteiger partial charge in [0.1, 0.15) is 18.5 Å². The van der Waals surface area contributed by atoms with Gasteiger partial charge in [0.25, 0.3) is 0 Å². The van der Waals surface area contributed by atoms with Crippen molar-refractivity contribution in [1.29, 1.82) is 0 Å². The van der Waals surface area contributed by atoms with Crippen molar-refractivity contribution in [3.63, 3.8) is 0 Å². The van der Waals surface area contributed by atoms with Crippen molar-refractivity contribution in [1.82, 2.24) is 0 Å². The number of carbonyl (C=O) groups excluding carboxylic acids is 1. The van der Waals surface area contributed by atoms with E-state index in [1.807, 2.05) is 18.2 Å². The molecule has 0 aromatic heterocycles. The Morgan fingerprint density at radius 2 is 2.25 bits per heavy atom. The Labute approximate surface area is 119 Å². The van der Waals surface area contributed by atoms with Gasteiger partial charge < -0.3 is 19.5 Å². The molecule has 2 aliphatic rings. The van der Waals surface area contributed by atoms with E-state index < -0.39 is 0 Å². The van der Waals surface area contributed by atoms with E-state index in [1.54, 1.807) is 18.7 Å². The molecule has 1 aromatic carbocycles. The van der Waals surface area contributed by atoms with Gasteiger partial charge in [0.15, 0.2) is 0 Å². The third kappa shape index (κ3) is 3.95. The average molecular weight is 279 g/mol. The van der Waals surface area contributed by atoms with Gasteiger partial charge in [0.05, 0.1) is 12.3 Å². The van der Waals surface area contributed by atoms with Crippen LogP contribution in [0.5, 0.6) is 5.75 Å². The average Bonchev–Trinajstić information content (AvgIpc) is 3.13. The number of hydrogen-bond donors (Lipinski definition) is 1. The normalized spacial score (nSPS) is 19.2. The topological polar surface area (TPSA) is 62.3 Å². The second-order valence-electron chi connectivity index (χ2n) is 5.16. The number of ether oxygens (including phenoxy) is 2. The van der Waals surface area contributed by atoms with E-state index in [0.29, 0.717) is 6.61 Å². The predicted molar refractivity (Wildman–Crippen MR) is 76.1 cm³/mol. The second kappa shape index (κ2) is 6.72. The van der Waals surface area contributed by atoms with Crippen molar-refractivity contribution >= 4 is 12.1 Å². The summed E-state index contributed by atoms with van der Waals surface area (Å²) in [5.41, 5.74) is 2.11. The van der Waals surface area contributed by atoms with Crippen molar-refractivity contribution in [3.8, 4) is 5.75 Å². The molecule has 3 rings (SSSR count). The van der Waals surface area contributed by atoms with Gasteiger partial charge in [-0.2, -0.15) is 0 Å². The van der Waals surface area contributed by atoms with Crippen molar-refractivity contribution in [3.05, 3.63) is 23.8 Å². The fraction of sp³-hybridized carbons (Fsp3) is 0.533. The lowest BCUT2D eigenvalue weighted by Crippen LogP contribution is -2.17. The van der Waals surface area contributed by atoms with E-state index in [4.69, 9.17) is 14.6 Å². The van der Waals surface area contributed by atoms with Gasteiger partial charge in [-0.25, -0.2) is 0 Å². The Morgan fingerprint density at radius 1 is 1.55 bits per heavy atom. The van der Waals surface area contributed by atoms with E-state index in [0.717, 1.165) is 43.0 Å². The van der Waals surface area contributed by atoms with Gasteiger partial charge in [0, 0.05) is 18.2 Å². The fourth-order valence-corrected chi connectivity index (χ4v) is 2.02. The summed E-state index contributed by atoms with van der Waals surface area (Å²) in [6, 6.07) is 5.83. The summed E-state index contributed by atoms with van der Waals surface area (Å²) in [4.78, 5) is 12.5. The van der Waals surface area contributed by atoms with Crippen molar-refractivity contribution in [2.24, 2.45) is 0 Å². The summed E-state index contributed by atoms with van der Waals surface area (Å²) in [7, 11) is 0. The molecule has 0 aliphatic carbocycles. The monoisotopic (exact) mass is 279 g/mol. The number of benzene rings is 1. The number of amides is 1. The van der Waals surface area contributed by atoms with Crippen LogP contribution in [0.3, 0.4) is 0 Å². The van der Waals surface area contributed by atoms with Crippen LogP contribution in [0.4, 0.5) is 5.69 Å². The molecule has 0 radical (unpaired) electrons. The zero-order valence-corrected chi connectivity index (χ0v) is 11.9. The highest BCUT2D eigenvalue weighted by molar-refractivity contribution is 5.81. The van der Waals surface area contributed by atoms with Gasteiger partial charge >= 0.3 is 0 Å². The number of rotatable bonds is 4. The van der Waals surface area contributed by atoms with Crippen LogP contribution < -0.4 is 9.64 Å². The molecule has 2 aliphatic heterocycles. The van der Waals surface area contributed by atoms with Gasteiger partial charge in [-0.15, -0.1) is 0 Å². The van der Waals surface area contributed by atoms with Gasteiger partial charge in [-0.3, -0.25) is 4.79 Å². The summed E-state index contributed by atoms with van der Waals surface area (Å²) >= 11 is 0. The number of aliphatic hydroxyl groups is 1. The molecule has 1 unspecified atom stereocenters. The number of anilines is 1. The largest absolute Gasteiger partial charge is 0.490 e. The lowest BCUT2D eigenvalue weighted by Gasteiger charge is -2.12. The maximum Gasteiger partial charge on any atom is 0.214 e. The van der Waals surface area contributed by atoms with E-state index in [9.17, 15) is 4.79 Å². The first-order valence-electron chi connectivity index (χ1n) is 6.88. The first kappa shape index (κ1) is 14.8. The highest BCUT2D eigenvalue weighted by Crippen LogP contribution is 2.34. The van der Waals surface area contributed by atoms with Crippen LogP contribution in [0, 0.1) is 0 Å². The fourth-order valence-electron chi connectivity index (χ4n) is 2.02. The molecular weight excluding hydrogens is 258 g/mol. The molecule has 0 bridgehead atoms. The minimum absolute atomic E-state index is 0.167. The molecule has 1 fully saturated rings. The summed E-state index contributed by atoms with van der Waals surface area (Å²) < 4.78 is 10.8. The minimum atomic E-state index is -0.167. The van der Waals surface area contributed by atoms with Crippen LogP contribution in [0.15, 0.2) is 18.2 Å². The molecule has 0 spiro atoms. The number of epoxide rings is 1. The summed E-state index contributed by atoms with van der Waals surface area (Å²) in [6.45, 7) is 5.60. The SMILES string of the molecule is CC(C)O.O=CN1CCc2c(OCC3CO3)cccc21. The quantitative estimate of drug-likeness (QED) is 0.668. The van der Waals surface area contributed by atoms with E-state index in [2.05, 4.69) is 0 Å². The molecule has 1 aromatic rings. The Balaban J connectivity index is 0.000000328. The second-order valence-corrected chi connectivity index (χ2v) is 5.16. The summed E-state index contributed by atoms with van der Waals surface area (Å²) in [5.74, 6) is 0.886. The molecular formula is C15H21NO4. The molecule has 1 amide bonds. The zero-order valence-electron chi connectivity index (χ0n) is 11.9. The maximum absolute atomic E-state index is 10.8. The molecule has 20 heavy (non-hydrogen) atoms. The highest BCUT2D eigenvalue weighted by Gasteiger charge is 2.25. The van der Waals surface area contributed by atoms with Crippen LogP contribution in [-0.4, -0.2) is 43.5 Å². The van der Waals surface area contributed by atoms with Gasteiger partial charge in [0.2, 0.25) is 6.41 Å². The van der Waals surface area contributed by atoms with E-state index in [-0.39, 0.29) is 12.2 Å². The maximum atomic E-state index is 10.8. The van der Waals surface area contributed by atoms with Crippen LogP contribution in [0.2, 0.25) is 0 Å². The standard InChI is InChI=1S/C12H13NO3.C3H8O/c14-8-13-5-4-10-11(13)2-1-3-12(10)16-7-9-6-15-9;1-3(2)4/h1-3,8-9H,4-7H2;3-4H,1-2H3. The number of aliphatic hydroxyl groups excluding tert-OH is 1. The highest BCUT2D eigenvalue weighted by atomic mass is 16.6. The third-order valence-corrected chi connectivity index (χ3v) is 2.97. The first-order valence-corrected chi connectivity index (χ1v) is 6.88. The van der Waals surface area contributed by atoms with Crippen molar-refractivity contribution in [2.45, 2.75) is 32.5 Å². The van der Waals surface area contributed by atoms with Crippen molar-refractivity contribution < 1.29 is 19.4 Å². The zero-order chi connectivity index (χ0) is 14.5. The smallest absolute Gasteiger partial charge is 0.214 e. The molecule has 1 saturated heterocycles. The number of nitrogens with zero attached hydrogens (tertiary/aromatic N) is 1. The minimum Gasteiger partial charge on any atom is -0.490 e. The first-order chi connectivity index (χ1) is 9.61. The Hall–Kier alpha value is -1.59. The van der Waals surface area contributed by atoms with Gasteiger partial charge in [-0.05, 0) is 32.4 Å². The van der Waals surface area contributed by atoms with Crippen molar-refractivity contribution in [2.75, 3.05) is 24.7 Å². The molecule has 0 saturated carbocycles. The lowest BCUT2D eigenvalue weighted by atomic mass is 10.1. The Morgan fingerprint density at radius 3 is 2.85 bits per heavy atom. The molecule has 1 atom stereocenters. The summed E-state index contributed by atoms with van der Waals surface area (Å²) in [5, 5.41) is 8.06. The molecule has 2 heterocycles. The molecule has 110 valence electrons. The van der Waals surface area contributed by atoms with E-state index >= 15 is 0 Å². The lowest BCUT2D eigenvalue weighted by molar-refractivity contribution is -0.107. The molecule has 5 nitrogen and oxygen atoms in total. The summed E-state index contributed by atoms with van der Waals surface area (Å²) in [6.07, 6.45) is 1.84. The predicted octanol–water partition coefficient (Wildman–Crippen LogP) is 1.37.